The van der Waals surface area contributed by atoms with Gasteiger partial charge in [0.1, 0.15) is 18.5 Å². The number of nitrogens with zero attached hydrogens (tertiary/aromatic N) is 4. The summed E-state index contributed by atoms with van der Waals surface area (Å²) in [5, 5.41) is 0. The van der Waals surface area contributed by atoms with E-state index in [-0.39, 0.29) is 30.4 Å². The summed E-state index contributed by atoms with van der Waals surface area (Å²) in [6.07, 6.45) is 9.97. The lowest BCUT2D eigenvalue weighted by molar-refractivity contribution is -0.0287. The molecule has 0 aromatic carbocycles. The number of amides is 1. The van der Waals surface area contributed by atoms with Crippen LogP contribution < -0.4 is 9.47 Å². The van der Waals surface area contributed by atoms with Gasteiger partial charge >= 0.3 is 6.09 Å². The molecular weight excluding hydrogens is 468 g/mol. The molecule has 0 spiro atoms. The molecule has 2 aliphatic heterocycles. The van der Waals surface area contributed by atoms with E-state index in [0.717, 1.165) is 49.8 Å². The second-order valence-electron chi connectivity index (χ2n) is 11.5. The van der Waals surface area contributed by atoms with Crippen molar-refractivity contribution in [2.24, 2.45) is 17.8 Å². The minimum Gasteiger partial charge on any atom is -0.474 e. The molecule has 2 aromatic heterocycles. The first-order valence-corrected chi connectivity index (χ1v) is 13.9. The lowest BCUT2D eigenvalue weighted by Gasteiger charge is -2.41. The minimum absolute atomic E-state index is 0.0127. The summed E-state index contributed by atoms with van der Waals surface area (Å²) in [6, 6.07) is 3.99. The molecule has 2 saturated heterocycles. The zero-order valence-corrected chi connectivity index (χ0v) is 22.7. The van der Waals surface area contributed by atoms with E-state index >= 15 is 0 Å². The van der Waals surface area contributed by atoms with E-state index in [1.165, 1.54) is 12.7 Å². The zero-order valence-electron chi connectivity index (χ0n) is 22.7. The van der Waals surface area contributed by atoms with Crippen molar-refractivity contribution in [3.05, 3.63) is 35.9 Å². The molecule has 2 unspecified atom stereocenters. The molecule has 4 heterocycles. The summed E-state index contributed by atoms with van der Waals surface area (Å²) in [5.74, 6) is 3.23. The summed E-state index contributed by atoms with van der Waals surface area (Å²) >= 11 is 0. The third kappa shape index (κ3) is 5.53. The van der Waals surface area contributed by atoms with E-state index < -0.39 is 0 Å². The first-order chi connectivity index (χ1) is 17.8. The monoisotopic (exact) mass is 508 g/mol. The number of carbonyl (C=O) groups excluding carboxylic acids is 1. The number of rotatable bonds is 6. The van der Waals surface area contributed by atoms with Crippen molar-refractivity contribution in [1.82, 2.24) is 19.9 Å². The van der Waals surface area contributed by atoms with Crippen molar-refractivity contribution in [3.63, 3.8) is 0 Å². The molecule has 3 fully saturated rings. The van der Waals surface area contributed by atoms with Gasteiger partial charge in [-0.3, -0.25) is 4.98 Å². The van der Waals surface area contributed by atoms with Crippen molar-refractivity contribution in [2.45, 2.75) is 104 Å². The van der Waals surface area contributed by atoms with Crippen LogP contribution in [0.15, 0.2) is 24.7 Å². The molecule has 1 saturated carbocycles. The Morgan fingerprint density at radius 3 is 2.43 bits per heavy atom. The topological polar surface area (TPSA) is 86.7 Å². The molecule has 8 heteroatoms. The summed E-state index contributed by atoms with van der Waals surface area (Å²) in [7, 11) is 0. The van der Waals surface area contributed by atoms with Gasteiger partial charge in [0.2, 0.25) is 11.8 Å². The Bertz CT molecular complexity index is 1100. The van der Waals surface area contributed by atoms with Gasteiger partial charge in [-0.25, -0.2) is 14.8 Å². The maximum atomic E-state index is 13.4. The number of ether oxygens (including phenoxy) is 3. The van der Waals surface area contributed by atoms with E-state index in [4.69, 9.17) is 14.2 Å². The van der Waals surface area contributed by atoms with Crippen LogP contribution in [0, 0.1) is 31.6 Å². The standard InChI is InChI=1S/C29H40N4O4/c1-17(2)24-11-8-18(3)13-26(24)37-29(34)33-21-9-10-22(33)15-23(14-21)35-27-19(4)28(32-16-31-27)36-25-7-6-12-30-20(25)5/h6-7,12,16-18,21-24,26H,8-11,13-15H2,1-5H3/t18-,21?,22?,23?,24+,26-/m1/s1. The fourth-order valence-corrected chi connectivity index (χ4v) is 6.44. The van der Waals surface area contributed by atoms with Gasteiger partial charge in [-0.1, -0.05) is 27.2 Å². The van der Waals surface area contributed by atoms with Crippen molar-refractivity contribution >= 4 is 6.09 Å². The Kier molecular flexibility index (Phi) is 7.54. The summed E-state index contributed by atoms with van der Waals surface area (Å²) in [6.45, 7) is 10.6. The Balaban J connectivity index is 1.23. The second-order valence-corrected chi connectivity index (χ2v) is 11.5. The fourth-order valence-electron chi connectivity index (χ4n) is 6.44. The van der Waals surface area contributed by atoms with Gasteiger partial charge in [-0.2, -0.15) is 0 Å². The smallest absolute Gasteiger partial charge is 0.410 e. The summed E-state index contributed by atoms with van der Waals surface area (Å²) in [4.78, 5) is 28.4. The molecule has 1 aliphatic carbocycles. The van der Waals surface area contributed by atoms with Gasteiger partial charge in [-0.05, 0) is 69.4 Å². The van der Waals surface area contributed by atoms with Gasteiger partial charge in [0.15, 0.2) is 5.75 Å². The molecule has 8 nitrogen and oxygen atoms in total. The van der Waals surface area contributed by atoms with Crippen molar-refractivity contribution in [2.75, 3.05) is 0 Å². The molecule has 1 amide bonds. The highest BCUT2D eigenvalue weighted by atomic mass is 16.6. The molecule has 2 bridgehead atoms. The number of hydrogen-bond donors (Lipinski definition) is 0. The van der Waals surface area contributed by atoms with Crippen LogP contribution in [0.2, 0.25) is 0 Å². The van der Waals surface area contributed by atoms with Crippen LogP contribution in [-0.2, 0) is 4.74 Å². The highest BCUT2D eigenvalue weighted by Gasteiger charge is 2.46. The summed E-state index contributed by atoms with van der Waals surface area (Å²) < 4.78 is 18.6. The Morgan fingerprint density at radius 2 is 1.73 bits per heavy atom. The van der Waals surface area contributed by atoms with Crippen molar-refractivity contribution in [3.8, 4) is 17.5 Å². The Labute approximate surface area is 220 Å². The molecule has 3 aliphatic rings. The number of pyridine rings is 1. The third-order valence-electron chi connectivity index (χ3n) is 8.55. The van der Waals surface area contributed by atoms with Crippen LogP contribution in [0.1, 0.15) is 77.0 Å². The number of hydrogen-bond acceptors (Lipinski definition) is 7. The number of piperidine rings is 1. The maximum absolute atomic E-state index is 13.4. The van der Waals surface area contributed by atoms with E-state index in [1.807, 2.05) is 30.9 Å². The molecule has 0 N–H and O–H groups in total. The van der Waals surface area contributed by atoms with Crippen LogP contribution in [0.5, 0.6) is 17.5 Å². The second kappa shape index (κ2) is 10.8. The zero-order chi connectivity index (χ0) is 26.1. The molecule has 37 heavy (non-hydrogen) atoms. The predicted octanol–water partition coefficient (Wildman–Crippen LogP) is 6.25. The van der Waals surface area contributed by atoms with Crippen molar-refractivity contribution < 1.29 is 19.0 Å². The number of aryl methyl sites for hydroxylation is 1. The summed E-state index contributed by atoms with van der Waals surface area (Å²) in [5.41, 5.74) is 1.55. The molecule has 5 atom stereocenters. The Morgan fingerprint density at radius 1 is 1.00 bits per heavy atom. The normalized spacial score (nSPS) is 29.3. The van der Waals surface area contributed by atoms with Gasteiger partial charge in [0.05, 0.1) is 11.3 Å². The fraction of sp³-hybridized carbons (Fsp3) is 0.655. The molecule has 2 aromatic rings. The highest BCUT2D eigenvalue weighted by molar-refractivity contribution is 5.69. The van der Waals surface area contributed by atoms with Crippen LogP contribution in [0.3, 0.4) is 0 Å². The largest absolute Gasteiger partial charge is 0.474 e. The van der Waals surface area contributed by atoms with Crippen LogP contribution in [0.4, 0.5) is 4.79 Å². The minimum atomic E-state index is -0.128. The average Bonchev–Trinajstić information content (AvgIpc) is 3.13. The molecule has 200 valence electrons. The van der Waals surface area contributed by atoms with E-state index in [1.54, 1.807) is 6.20 Å². The number of carbonyl (C=O) groups is 1. The SMILES string of the molecule is Cc1ncccc1Oc1ncnc(OC2CC3CCC(C2)N3C(=O)O[C@@H]2C[C@H](C)CC[C@H]2C(C)C)c1C. The predicted molar refractivity (Wildman–Crippen MR) is 140 cm³/mol. The first-order valence-electron chi connectivity index (χ1n) is 13.9. The maximum Gasteiger partial charge on any atom is 0.410 e. The van der Waals surface area contributed by atoms with E-state index in [0.29, 0.717) is 35.3 Å². The van der Waals surface area contributed by atoms with Crippen LogP contribution >= 0.6 is 0 Å². The first kappa shape index (κ1) is 25.7. The highest BCUT2D eigenvalue weighted by Crippen LogP contribution is 2.41. The molecule has 0 radical (unpaired) electrons. The van der Waals surface area contributed by atoms with Crippen LogP contribution in [0.25, 0.3) is 0 Å². The molecule has 5 rings (SSSR count). The van der Waals surface area contributed by atoms with Gasteiger partial charge in [0, 0.05) is 31.1 Å². The lowest BCUT2D eigenvalue weighted by atomic mass is 9.75. The number of fused-ring (bicyclic) bond motifs is 2. The molecular formula is C29H40N4O4. The van der Waals surface area contributed by atoms with Gasteiger partial charge in [0.25, 0.3) is 0 Å². The van der Waals surface area contributed by atoms with E-state index in [9.17, 15) is 4.79 Å². The van der Waals surface area contributed by atoms with Crippen molar-refractivity contribution in [1.29, 1.82) is 0 Å². The quantitative estimate of drug-likeness (QED) is 0.456. The average molecular weight is 509 g/mol. The lowest BCUT2D eigenvalue weighted by Crippen LogP contribution is -2.51. The van der Waals surface area contributed by atoms with E-state index in [2.05, 4.69) is 35.7 Å². The van der Waals surface area contributed by atoms with Crippen LogP contribution in [-0.4, -0.2) is 50.2 Å². The van der Waals surface area contributed by atoms with Gasteiger partial charge in [-0.15, -0.1) is 0 Å². The van der Waals surface area contributed by atoms with Gasteiger partial charge < -0.3 is 19.1 Å². The third-order valence-corrected chi connectivity index (χ3v) is 8.55. The number of aromatic nitrogens is 3. The Hall–Kier alpha value is -2.90.